The highest BCUT2D eigenvalue weighted by Crippen LogP contribution is 2.22. The van der Waals surface area contributed by atoms with E-state index < -0.39 is 8.80 Å². The van der Waals surface area contributed by atoms with Gasteiger partial charge in [0.2, 0.25) is 0 Å². The monoisotopic (exact) mass is 354 g/mol. The fourth-order valence-corrected chi connectivity index (χ4v) is 4.30. The van der Waals surface area contributed by atoms with Gasteiger partial charge >= 0.3 is 8.80 Å². The van der Waals surface area contributed by atoms with Crippen LogP contribution in [0, 0.1) is 0 Å². The minimum atomic E-state index is -2.58. The molecule has 0 aromatic heterocycles. The second-order valence-electron chi connectivity index (χ2n) is 5.67. The highest BCUT2D eigenvalue weighted by atomic mass is 28.4. The van der Waals surface area contributed by atoms with Crippen LogP contribution in [0.2, 0.25) is 6.04 Å². The highest BCUT2D eigenvalue weighted by molar-refractivity contribution is 6.60. The number of hydrogen-bond acceptors (Lipinski definition) is 3. The summed E-state index contributed by atoms with van der Waals surface area (Å²) in [6.07, 6.45) is 7.30. The second-order valence-corrected chi connectivity index (χ2v) is 8.76. The molecule has 0 aliphatic carbocycles. The molecule has 132 valence electrons. The molecule has 4 heteroatoms. The van der Waals surface area contributed by atoms with Crippen molar-refractivity contribution in [3.8, 4) is 0 Å². The third-order valence-corrected chi connectivity index (χ3v) is 6.82. The lowest BCUT2D eigenvalue weighted by Gasteiger charge is -2.24. The van der Waals surface area contributed by atoms with Gasteiger partial charge in [-0.05, 0) is 23.1 Å². The van der Waals surface area contributed by atoms with E-state index in [0.29, 0.717) is 0 Å². The molecule has 0 aliphatic rings. The molecule has 0 heterocycles. The Morgan fingerprint density at radius 3 is 1.84 bits per heavy atom. The molecule has 2 aromatic rings. The summed E-state index contributed by atoms with van der Waals surface area (Å²) in [6, 6.07) is 21.3. The van der Waals surface area contributed by atoms with Crippen LogP contribution in [0.1, 0.15) is 17.5 Å². The van der Waals surface area contributed by atoms with Gasteiger partial charge in [0.05, 0.1) is 0 Å². The summed E-state index contributed by atoms with van der Waals surface area (Å²) in [7, 11) is 2.38. The van der Waals surface area contributed by atoms with Gasteiger partial charge in [-0.1, -0.05) is 78.9 Å². The Morgan fingerprint density at radius 1 is 0.800 bits per heavy atom. The zero-order valence-electron chi connectivity index (χ0n) is 15.1. The Morgan fingerprint density at radius 2 is 1.32 bits per heavy atom. The molecule has 0 radical (unpaired) electrons. The van der Waals surface area contributed by atoms with Gasteiger partial charge in [0.15, 0.2) is 0 Å². The number of hydrogen-bond donors (Lipinski definition) is 0. The van der Waals surface area contributed by atoms with Crippen LogP contribution in [0.25, 0.3) is 12.2 Å². The molecular formula is C21H26O3Si. The van der Waals surface area contributed by atoms with Gasteiger partial charge < -0.3 is 13.3 Å². The molecule has 0 amide bonds. The van der Waals surface area contributed by atoms with Gasteiger partial charge in [-0.15, -0.1) is 0 Å². The maximum Gasteiger partial charge on any atom is 0.500 e. The molecule has 2 rings (SSSR count). The van der Waals surface area contributed by atoms with Gasteiger partial charge in [-0.2, -0.15) is 0 Å². The van der Waals surface area contributed by atoms with Crippen LogP contribution < -0.4 is 0 Å². The molecule has 0 N–H and O–H groups in total. The van der Waals surface area contributed by atoms with Gasteiger partial charge in [0.1, 0.15) is 0 Å². The summed E-state index contributed by atoms with van der Waals surface area (Å²) in [5, 5.41) is 0. The summed E-state index contributed by atoms with van der Waals surface area (Å²) in [5.41, 5.74) is 3.56. The summed E-state index contributed by atoms with van der Waals surface area (Å²) < 4.78 is 16.6. The van der Waals surface area contributed by atoms with Crippen molar-refractivity contribution in [2.75, 3.05) is 21.3 Å². The Bertz CT molecular complexity index is 669. The summed E-state index contributed by atoms with van der Waals surface area (Å²) in [4.78, 5) is 0. The number of rotatable bonds is 9. The van der Waals surface area contributed by atoms with E-state index in [1.54, 1.807) is 21.3 Å². The molecule has 2 aromatic carbocycles. The van der Waals surface area contributed by atoms with Crippen LogP contribution in [0.4, 0.5) is 0 Å². The minimum Gasteiger partial charge on any atom is -0.377 e. The maximum atomic E-state index is 5.54. The van der Waals surface area contributed by atoms with Gasteiger partial charge in [-0.25, -0.2) is 0 Å². The van der Waals surface area contributed by atoms with Crippen molar-refractivity contribution in [3.63, 3.8) is 0 Å². The third-order valence-electron chi connectivity index (χ3n) is 4.09. The van der Waals surface area contributed by atoms with Crippen molar-refractivity contribution in [3.05, 3.63) is 83.4 Å². The largest absolute Gasteiger partial charge is 0.500 e. The van der Waals surface area contributed by atoms with E-state index >= 15 is 0 Å². The van der Waals surface area contributed by atoms with Crippen molar-refractivity contribution in [2.24, 2.45) is 0 Å². The first-order valence-electron chi connectivity index (χ1n) is 8.35. The van der Waals surface area contributed by atoms with Crippen LogP contribution >= 0.6 is 0 Å². The van der Waals surface area contributed by atoms with E-state index in [2.05, 4.69) is 42.5 Å². The third kappa shape index (κ3) is 6.10. The van der Waals surface area contributed by atoms with Crippen molar-refractivity contribution in [1.29, 1.82) is 0 Å². The molecule has 0 spiro atoms. The molecule has 0 unspecified atom stereocenters. The Hall–Kier alpha value is -1.98. The van der Waals surface area contributed by atoms with Crippen LogP contribution in [0.3, 0.4) is 0 Å². The van der Waals surface area contributed by atoms with Gasteiger partial charge in [-0.3, -0.25) is 0 Å². The summed E-state index contributed by atoms with van der Waals surface area (Å²) in [5.74, 6) is 0. The second kappa shape index (κ2) is 10.1. The maximum absolute atomic E-state index is 5.54. The van der Waals surface area contributed by atoms with E-state index in [0.717, 1.165) is 12.5 Å². The molecule has 0 saturated heterocycles. The van der Waals surface area contributed by atoms with E-state index in [4.69, 9.17) is 13.3 Å². The van der Waals surface area contributed by atoms with Crippen LogP contribution in [-0.2, 0) is 13.3 Å². The first-order chi connectivity index (χ1) is 12.2. The van der Waals surface area contributed by atoms with Crippen molar-refractivity contribution in [1.82, 2.24) is 0 Å². The van der Waals surface area contributed by atoms with Crippen molar-refractivity contribution >= 4 is 21.0 Å². The lowest BCUT2D eigenvalue weighted by molar-refractivity contribution is 0.124. The highest BCUT2D eigenvalue weighted by Gasteiger charge is 2.37. The molecule has 0 fully saturated rings. The molecule has 3 nitrogen and oxygen atoms in total. The van der Waals surface area contributed by atoms with Crippen LogP contribution in [0.15, 0.2) is 72.3 Å². The predicted molar refractivity (Wildman–Crippen MR) is 106 cm³/mol. The van der Waals surface area contributed by atoms with Crippen molar-refractivity contribution < 1.29 is 13.3 Å². The molecule has 0 bridgehead atoms. The van der Waals surface area contributed by atoms with E-state index in [-0.39, 0.29) is 0 Å². The number of benzene rings is 2. The Kier molecular flexibility index (Phi) is 7.82. The summed E-state index contributed by atoms with van der Waals surface area (Å²) >= 11 is 0. The molecule has 25 heavy (non-hydrogen) atoms. The minimum absolute atomic E-state index is 0.730. The molecule has 0 aliphatic heterocycles. The average molecular weight is 355 g/mol. The van der Waals surface area contributed by atoms with Crippen molar-refractivity contribution in [2.45, 2.75) is 12.5 Å². The Balaban J connectivity index is 2.20. The topological polar surface area (TPSA) is 27.7 Å². The lowest BCUT2D eigenvalue weighted by Crippen LogP contribution is -2.42. The SMILES string of the molecule is CO[Si](CCC(C=Cc1ccccc1)=Cc1ccccc1)(OC)OC. The van der Waals surface area contributed by atoms with Crippen LogP contribution in [-0.4, -0.2) is 30.1 Å². The zero-order chi connectivity index (χ0) is 18.0. The van der Waals surface area contributed by atoms with E-state index in [1.807, 2.05) is 36.4 Å². The molecule has 0 saturated carbocycles. The first-order valence-corrected chi connectivity index (χ1v) is 10.3. The Labute approximate surface area is 151 Å². The van der Waals surface area contributed by atoms with E-state index in [9.17, 15) is 0 Å². The first kappa shape index (κ1) is 19.3. The average Bonchev–Trinajstić information content (AvgIpc) is 2.69. The lowest BCUT2D eigenvalue weighted by atomic mass is 10.1. The standard InChI is InChI=1S/C21H26O3Si/c1-22-25(23-2,24-3)17-16-21(18-20-12-8-5-9-13-20)15-14-19-10-6-4-7-11-19/h4-15,18H,16-17H2,1-3H3. The van der Waals surface area contributed by atoms with E-state index in [1.165, 1.54) is 16.7 Å². The van der Waals surface area contributed by atoms with Gasteiger partial charge in [0.25, 0.3) is 0 Å². The normalized spacial score (nSPS) is 12.7. The molecular weight excluding hydrogens is 328 g/mol. The zero-order valence-corrected chi connectivity index (χ0v) is 16.1. The fourth-order valence-electron chi connectivity index (χ4n) is 2.59. The summed E-state index contributed by atoms with van der Waals surface area (Å²) in [6.45, 7) is 0. The van der Waals surface area contributed by atoms with Gasteiger partial charge in [0, 0.05) is 27.4 Å². The van der Waals surface area contributed by atoms with Crippen LogP contribution in [0.5, 0.6) is 0 Å². The predicted octanol–water partition coefficient (Wildman–Crippen LogP) is 5.05. The quantitative estimate of drug-likeness (QED) is 0.466. The smallest absolute Gasteiger partial charge is 0.377 e. The number of allylic oxidation sites excluding steroid dienone is 2. The molecule has 0 atom stereocenters. The fraction of sp³-hybridized carbons (Fsp3) is 0.238.